The summed E-state index contributed by atoms with van der Waals surface area (Å²) in [4.78, 5) is 0. The monoisotopic (exact) mass is 301 g/mol. The van der Waals surface area contributed by atoms with Gasteiger partial charge in [-0.25, -0.2) is 4.39 Å². The summed E-state index contributed by atoms with van der Waals surface area (Å²) in [6.45, 7) is 5.42. The van der Waals surface area contributed by atoms with E-state index in [1.54, 1.807) is 32.0 Å². The van der Waals surface area contributed by atoms with Crippen molar-refractivity contribution in [2.45, 2.75) is 45.6 Å². The number of benzene rings is 1. The molecule has 0 spiro atoms. The van der Waals surface area contributed by atoms with E-state index in [1.807, 2.05) is 6.92 Å². The molecule has 0 aliphatic rings. The Kier molecular flexibility index (Phi) is 6.95. The van der Waals surface area contributed by atoms with Crippen LogP contribution in [0.5, 0.6) is 0 Å². The van der Waals surface area contributed by atoms with Gasteiger partial charge in [-0.2, -0.15) is 0 Å². The number of unbranched alkanes of at least 4 members (excludes halogenated alkanes) is 1. The van der Waals surface area contributed by atoms with E-state index >= 15 is 0 Å². The van der Waals surface area contributed by atoms with Gasteiger partial charge in [-0.3, -0.25) is 0 Å². The number of rotatable bonds is 8. The smallest absolute Gasteiger partial charge is 0.131 e. The second kappa shape index (κ2) is 7.98. The Bertz CT molecular complexity index is 430. The van der Waals surface area contributed by atoms with Gasteiger partial charge in [0.15, 0.2) is 0 Å². The van der Waals surface area contributed by atoms with Gasteiger partial charge >= 0.3 is 0 Å². The third-order valence-electron chi connectivity index (χ3n) is 3.42. The molecule has 5 heteroatoms. The highest BCUT2D eigenvalue weighted by Gasteiger charge is 2.34. The highest BCUT2D eigenvalue weighted by atomic mass is 32.2. The molecule has 3 nitrogen and oxygen atoms in total. The third kappa shape index (κ3) is 4.45. The lowest BCUT2D eigenvalue weighted by Crippen LogP contribution is -2.45. The summed E-state index contributed by atoms with van der Waals surface area (Å²) in [6.07, 6.45) is 2.12. The normalized spacial score (nSPS) is 15.9. The highest BCUT2D eigenvalue weighted by molar-refractivity contribution is 7.89. The average molecular weight is 301 g/mol. The van der Waals surface area contributed by atoms with Crippen molar-refractivity contribution in [1.82, 2.24) is 4.72 Å². The minimum atomic E-state index is -1.23. The standard InChI is InChI=1S/C15H24FNO2S/c1-4-5-11-20(19)17-15(3,9-10-18)13-8-6-7-12(2)14(13)16/h6-8,17-18H,4-5,9-11H2,1-3H3/t15-,20?/m0/s1. The van der Waals surface area contributed by atoms with Gasteiger partial charge in [0.1, 0.15) is 11.6 Å². The van der Waals surface area contributed by atoms with Crippen LogP contribution in [0.1, 0.15) is 44.2 Å². The lowest BCUT2D eigenvalue weighted by molar-refractivity contribution is 0.234. The Balaban J connectivity index is 2.98. The second-order valence-corrected chi connectivity index (χ2v) is 6.55. The average Bonchev–Trinajstić information content (AvgIpc) is 2.39. The number of hydrogen-bond acceptors (Lipinski definition) is 3. The van der Waals surface area contributed by atoms with Crippen LogP contribution in [0.3, 0.4) is 0 Å². The molecule has 1 rings (SSSR count). The molecule has 2 atom stereocenters. The predicted octanol–water partition coefficient (Wildman–Crippen LogP) is 2.79. The minimum Gasteiger partial charge on any atom is -0.598 e. The zero-order valence-corrected chi connectivity index (χ0v) is 13.2. The number of aryl methyl sites for hydroxylation is 1. The van der Waals surface area contributed by atoms with Gasteiger partial charge in [-0.1, -0.05) is 31.5 Å². The van der Waals surface area contributed by atoms with E-state index in [4.69, 9.17) is 0 Å². The second-order valence-electron chi connectivity index (χ2n) is 5.25. The van der Waals surface area contributed by atoms with Gasteiger partial charge < -0.3 is 9.66 Å². The van der Waals surface area contributed by atoms with Crippen molar-refractivity contribution in [1.29, 1.82) is 0 Å². The van der Waals surface area contributed by atoms with Crippen LogP contribution >= 0.6 is 0 Å². The van der Waals surface area contributed by atoms with E-state index < -0.39 is 16.9 Å². The summed E-state index contributed by atoms with van der Waals surface area (Å²) in [7, 11) is 0. The molecule has 0 aliphatic heterocycles. The van der Waals surface area contributed by atoms with Gasteiger partial charge in [-0.15, -0.1) is 4.72 Å². The molecule has 114 valence electrons. The van der Waals surface area contributed by atoms with Crippen LogP contribution in [-0.2, 0) is 16.9 Å². The highest BCUT2D eigenvalue weighted by Crippen LogP contribution is 2.29. The summed E-state index contributed by atoms with van der Waals surface area (Å²) in [5.41, 5.74) is 0.174. The molecule has 1 aromatic rings. The van der Waals surface area contributed by atoms with Crippen molar-refractivity contribution in [2.24, 2.45) is 0 Å². The van der Waals surface area contributed by atoms with E-state index in [1.165, 1.54) is 0 Å². The molecule has 0 fully saturated rings. The Morgan fingerprint density at radius 2 is 2.15 bits per heavy atom. The number of nitrogens with one attached hydrogen (secondary N) is 1. The maximum absolute atomic E-state index is 14.3. The molecular weight excluding hydrogens is 277 g/mol. The van der Waals surface area contributed by atoms with Crippen LogP contribution in [-0.4, -0.2) is 22.0 Å². The third-order valence-corrected chi connectivity index (χ3v) is 4.76. The molecule has 1 aromatic carbocycles. The van der Waals surface area contributed by atoms with Crippen LogP contribution in [0.25, 0.3) is 0 Å². The number of aliphatic hydroxyl groups is 1. The molecular formula is C15H24FNO2S. The first kappa shape index (κ1) is 17.4. The van der Waals surface area contributed by atoms with Crippen molar-refractivity contribution >= 4 is 11.4 Å². The van der Waals surface area contributed by atoms with Crippen LogP contribution < -0.4 is 4.72 Å². The number of hydrogen-bond donors (Lipinski definition) is 2. The molecule has 0 saturated heterocycles. The molecule has 0 radical (unpaired) electrons. The first-order valence-electron chi connectivity index (χ1n) is 6.97. The fourth-order valence-corrected chi connectivity index (χ4v) is 3.48. The Morgan fingerprint density at radius 1 is 1.45 bits per heavy atom. The van der Waals surface area contributed by atoms with Gasteiger partial charge in [0.25, 0.3) is 0 Å². The van der Waals surface area contributed by atoms with Crippen molar-refractivity contribution in [3.8, 4) is 0 Å². The zero-order valence-electron chi connectivity index (χ0n) is 12.4. The quantitative estimate of drug-likeness (QED) is 0.726. The largest absolute Gasteiger partial charge is 0.598 e. The lowest BCUT2D eigenvalue weighted by Gasteiger charge is -2.31. The van der Waals surface area contributed by atoms with Gasteiger partial charge in [0.05, 0.1) is 5.54 Å². The Labute approximate surface area is 123 Å². The molecule has 0 aromatic heterocycles. The molecule has 1 unspecified atom stereocenters. The molecule has 0 aliphatic carbocycles. The Hall–Kier alpha value is -0.620. The van der Waals surface area contributed by atoms with E-state index in [2.05, 4.69) is 4.72 Å². The van der Waals surface area contributed by atoms with Crippen molar-refractivity contribution < 1.29 is 14.0 Å². The molecule has 0 heterocycles. The first-order chi connectivity index (χ1) is 9.44. The molecule has 20 heavy (non-hydrogen) atoms. The van der Waals surface area contributed by atoms with E-state index in [-0.39, 0.29) is 12.4 Å². The minimum absolute atomic E-state index is 0.0954. The number of halogens is 1. The van der Waals surface area contributed by atoms with E-state index in [0.29, 0.717) is 23.3 Å². The van der Waals surface area contributed by atoms with Crippen molar-refractivity contribution in [2.75, 3.05) is 12.4 Å². The van der Waals surface area contributed by atoms with Gasteiger partial charge in [0.2, 0.25) is 0 Å². The van der Waals surface area contributed by atoms with Crippen LogP contribution in [0.15, 0.2) is 18.2 Å². The molecule has 0 amide bonds. The van der Waals surface area contributed by atoms with E-state index in [0.717, 1.165) is 12.8 Å². The summed E-state index contributed by atoms with van der Waals surface area (Å²) < 4.78 is 29.3. The SMILES string of the molecule is CCCC[S+]([O-])N[C@@](C)(CCO)c1cccc(C)c1F. The maximum atomic E-state index is 14.3. The molecule has 0 bridgehead atoms. The topological polar surface area (TPSA) is 55.3 Å². The lowest BCUT2D eigenvalue weighted by atomic mass is 9.88. The molecule has 0 saturated carbocycles. The summed E-state index contributed by atoms with van der Waals surface area (Å²) in [5, 5.41) is 9.25. The van der Waals surface area contributed by atoms with Crippen LogP contribution in [0, 0.1) is 12.7 Å². The predicted molar refractivity (Wildman–Crippen MR) is 81.2 cm³/mol. The fourth-order valence-electron chi connectivity index (χ4n) is 2.12. The Morgan fingerprint density at radius 3 is 2.75 bits per heavy atom. The summed E-state index contributed by atoms with van der Waals surface area (Å²) in [5.74, 6) is 0.230. The van der Waals surface area contributed by atoms with Crippen molar-refractivity contribution in [3.05, 3.63) is 35.1 Å². The first-order valence-corrected chi connectivity index (χ1v) is 8.29. The summed E-state index contributed by atoms with van der Waals surface area (Å²) >= 11 is -1.23. The van der Waals surface area contributed by atoms with Crippen LogP contribution in [0.2, 0.25) is 0 Å². The van der Waals surface area contributed by atoms with Crippen LogP contribution in [0.4, 0.5) is 4.39 Å². The molecule has 2 N–H and O–H groups in total. The van der Waals surface area contributed by atoms with Gasteiger partial charge in [-0.05, 0) is 32.3 Å². The van der Waals surface area contributed by atoms with E-state index in [9.17, 15) is 14.0 Å². The summed E-state index contributed by atoms with van der Waals surface area (Å²) in [6, 6.07) is 5.16. The maximum Gasteiger partial charge on any atom is 0.131 e. The number of aliphatic hydroxyl groups excluding tert-OH is 1. The van der Waals surface area contributed by atoms with Gasteiger partial charge in [0, 0.05) is 23.5 Å². The zero-order chi connectivity index (χ0) is 15.2. The van der Waals surface area contributed by atoms with Crippen molar-refractivity contribution in [3.63, 3.8) is 0 Å². The fraction of sp³-hybridized carbons (Fsp3) is 0.600.